The van der Waals surface area contributed by atoms with Gasteiger partial charge in [0.25, 0.3) is 0 Å². The number of nitrogens with zero attached hydrogens (tertiary/aromatic N) is 1. The SMILES string of the molecule is N[C@H]1CCN(S(=O)(=O)C2CCOCC2)C[C@@H]1F.O=C(O)C(F)(F)F. The minimum Gasteiger partial charge on any atom is -0.475 e. The summed E-state index contributed by atoms with van der Waals surface area (Å²) in [6.45, 7) is 1.18. The van der Waals surface area contributed by atoms with E-state index in [1.807, 2.05) is 0 Å². The predicted octanol–water partition coefficient (Wildman–Crippen LogP) is 0.500. The van der Waals surface area contributed by atoms with Crippen LogP contribution in [0.25, 0.3) is 0 Å². The molecular formula is C12H20F4N2O5S. The van der Waals surface area contributed by atoms with Crippen molar-refractivity contribution in [2.75, 3.05) is 26.3 Å². The number of piperidine rings is 1. The Bertz CT molecular complexity index is 522. The van der Waals surface area contributed by atoms with Crippen molar-refractivity contribution in [3.8, 4) is 0 Å². The van der Waals surface area contributed by atoms with Gasteiger partial charge >= 0.3 is 12.1 Å². The fourth-order valence-corrected chi connectivity index (χ4v) is 4.23. The van der Waals surface area contributed by atoms with Crippen LogP contribution in [-0.2, 0) is 19.6 Å². The Kier molecular flexibility index (Phi) is 7.38. The zero-order valence-electron chi connectivity index (χ0n) is 12.7. The first-order chi connectivity index (χ1) is 11.0. The number of halogens is 4. The smallest absolute Gasteiger partial charge is 0.475 e. The highest BCUT2D eigenvalue weighted by atomic mass is 32.2. The Morgan fingerprint density at radius 3 is 2.12 bits per heavy atom. The third-order valence-corrected chi connectivity index (χ3v) is 6.11. The molecule has 0 amide bonds. The zero-order valence-corrected chi connectivity index (χ0v) is 13.5. The van der Waals surface area contributed by atoms with Crippen LogP contribution in [0.5, 0.6) is 0 Å². The fourth-order valence-electron chi connectivity index (χ4n) is 2.31. The highest BCUT2D eigenvalue weighted by Crippen LogP contribution is 2.23. The molecule has 0 aromatic carbocycles. The first kappa shape index (κ1) is 21.1. The largest absolute Gasteiger partial charge is 0.490 e. The minimum atomic E-state index is -5.08. The molecule has 2 fully saturated rings. The Hall–Kier alpha value is -0.980. The lowest BCUT2D eigenvalue weighted by Gasteiger charge is -2.35. The van der Waals surface area contributed by atoms with Crippen LogP contribution in [0, 0.1) is 0 Å². The molecule has 0 saturated carbocycles. The van der Waals surface area contributed by atoms with Gasteiger partial charge in [0, 0.05) is 32.3 Å². The first-order valence-corrected chi connectivity index (χ1v) is 8.73. The van der Waals surface area contributed by atoms with E-state index in [2.05, 4.69) is 0 Å². The summed E-state index contributed by atoms with van der Waals surface area (Å²) >= 11 is 0. The summed E-state index contributed by atoms with van der Waals surface area (Å²) in [5.41, 5.74) is 5.55. The molecule has 2 saturated heterocycles. The molecule has 2 aliphatic heterocycles. The van der Waals surface area contributed by atoms with Crippen molar-refractivity contribution >= 4 is 16.0 Å². The van der Waals surface area contributed by atoms with Crippen molar-refractivity contribution in [2.24, 2.45) is 5.73 Å². The second-order valence-electron chi connectivity index (χ2n) is 5.49. The average Bonchev–Trinajstić information content (AvgIpc) is 2.50. The number of nitrogens with two attached hydrogens (primary N) is 1. The quantitative estimate of drug-likeness (QED) is 0.675. The third kappa shape index (κ3) is 5.83. The maximum atomic E-state index is 13.5. The molecule has 0 aliphatic carbocycles. The Morgan fingerprint density at radius 2 is 1.71 bits per heavy atom. The second kappa shape index (κ2) is 8.41. The van der Waals surface area contributed by atoms with E-state index in [-0.39, 0.29) is 6.54 Å². The molecule has 142 valence electrons. The van der Waals surface area contributed by atoms with Gasteiger partial charge in [0.1, 0.15) is 6.17 Å². The number of aliphatic carboxylic acids is 1. The van der Waals surface area contributed by atoms with Crippen LogP contribution in [0.4, 0.5) is 17.6 Å². The maximum absolute atomic E-state index is 13.5. The number of hydrogen-bond acceptors (Lipinski definition) is 5. The molecule has 2 atom stereocenters. The summed E-state index contributed by atoms with van der Waals surface area (Å²) in [7, 11) is -3.38. The van der Waals surface area contributed by atoms with Crippen molar-refractivity contribution in [1.29, 1.82) is 0 Å². The number of ether oxygens (including phenoxy) is 1. The average molecular weight is 380 g/mol. The van der Waals surface area contributed by atoms with E-state index in [9.17, 15) is 26.0 Å². The molecule has 0 aromatic heterocycles. The molecule has 7 nitrogen and oxygen atoms in total. The Morgan fingerprint density at radius 1 is 1.21 bits per heavy atom. The molecule has 24 heavy (non-hydrogen) atoms. The number of sulfonamides is 1. The van der Waals surface area contributed by atoms with Gasteiger partial charge in [-0.1, -0.05) is 0 Å². The zero-order chi connectivity index (χ0) is 18.5. The van der Waals surface area contributed by atoms with Crippen molar-refractivity contribution in [3.63, 3.8) is 0 Å². The van der Waals surface area contributed by atoms with Crippen LogP contribution in [0.1, 0.15) is 19.3 Å². The van der Waals surface area contributed by atoms with Gasteiger partial charge in [0.15, 0.2) is 0 Å². The van der Waals surface area contributed by atoms with Crippen LogP contribution < -0.4 is 5.73 Å². The minimum absolute atomic E-state index is 0.0964. The van der Waals surface area contributed by atoms with Crippen molar-refractivity contribution < 1.29 is 40.6 Å². The van der Waals surface area contributed by atoms with Crippen molar-refractivity contribution in [2.45, 2.75) is 42.9 Å². The normalized spacial score (nSPS) is 27.2. The maximum Gasteiger partial charge on any atom is 0.490 e. The first-order valence-electron chi connectivity index (χ1n) is 7.22. The van der Waals surface area contributed by atoms with Crippen LogP contribution in [0.2, 0.25) is 0 Å². The summed E-state index contributed by atoms with van der Waals surface area (Å²) in [5.74, 6) is -2.76. The highest BCUT2D eigenvalue weighted by Gasteiger charge is 2.39. The second-order valence-corrected chi connectivity index (χ2v) is 7.70. The van der Waals surface area contributed by atoms with Gasteiger partial charge in [-0.3, -0.25) is 0 Å². The van der Waals surface area contributed by atoms with E-state index in [1.54, 1.807) is 0 Å². The molecule has 0 spiro atoms. The fraction of sp³-hybridized carbons (Fsp3) is 0.917. The lowest BCUT2D eigenvalue weighted by molar-refractivity contribution is -0.192. The van der Waals surface area contributed by atoms with Crippen molar-refractivity contribution in [3.05, 3.63) is 0 Å². The molecule has 0 unspecified atom stereocenters. The number of carboxylic acid groups (broad SMARTS) is 1. The number of hydrogen-bond donors (Lipinski definition) is 2. The molecule has 2 aliphatic rings. The molecule has 2 rings (SSSR count). The van der Waals surface area contributed by atoms with Gasteiger partial charge in [-0.05, 0) is 19.3 Å². The number of alkyl halides is 4. The van der Waals surface area contributed by atoms with E-state index in [1.165, 1.54) is 4.31 Å². The summed E-state index contributed by atoms with van der Waals surface area (Å²) in [6, 6.07) is -0.531. The van der Waals surface area contributed by atoms with E-state index >= 15 is 0 Å². The van der Waals surface area contributed by atoms with Gasteiger partial charge in [-0.2, -0.15) is 17.5 Å². The lowest BCUT2D eigenvalue weighted by atomic mass is 10.1. The number of rotatable bonds is 2. The van der Waals surface area contributed by atoms with Gasteiger partial charge < -0.3 is 15.6 Å². The highest BCUT2D eigenvalue weighted by molar-refractivity contribution is 7.89. The summed E-state index contributed by atoms with van der Waals surface area (Å²) in [6.07, 6.45) is -4.94. The van der Waals surface area contributed by atoms with Crippen LogP contribution >= 0.6 is 0 Å². The van der Waals surface area contributed by atoms with E-state index in [0.29, 0.717) is 39.0 Å². The predicted molar refractivity (Wildman–Crippen MR) is 75.5 cm³/mol. The van der Waals surface area contributed by atoms with E-state index in [4.69, 9.17) is 20.4 Å². The monoisotopic (exact) mass is 380 g/mol. The van der Waals surface area contributed by atoms with Crippen LogP contribution in [0.15, 0.2) is 0 Å². The van der Waals surface area contributed by atoms with Gasteiger partial charge in [-0.15, -0.1) is 0 Å². The van der Waals surface area contributed by atoms with Crippen LogP contribution in [0.3, 0.4) is 0 Å². The summed E-state index contributed by atoms with van der Waals surface area (Å²) < 4.78 is 76.1. The standard InChI is InChI=1S/C10H19FN2O3S.C2HF3O2/c11-9-7-13(4-1-10(9)12)17(14,15)8-2-5-16-6-3-8;3-2(4,5)1(6)7/h8-10H,1-7,12H2;(H,6,7)/t9-,10-;/m0./s1. The summed E-state index contributed by atoms with van der Waals surface area (Å²) in [5, 5.41) is 6.71. The third-order valence-electron chi connectivity index (χ3n) is 3.75. The summed E-state index contributed by atoms with van der Waals surface area (Å²) in [4.78, 5) is 8.90. The molecular weight excluding hydrogens is 360 g/mol. The Balaban J connectivity index is 0.000000351. The van der Waals surface area contributed by atoms with Crippen LogP contribution in [-0.4, -0.2) is 73.7 Å². The van der Waals surface area contributed by atoms with E-state index < -0.39 is 39.6 Å². The Labute approximate surface area is 136 Å². The molecule has 0 radical (unpaired) electrons. The lowest BCUT2D eigenvalue weighted by Crippen LogP contribution is -2.53. The molecule has 2 heterocycles. The topological polar surface area (TPSA) is 110 Å². The number of carboxylic acids is 1. The number of carbonyl (C=O) groups is 1. The van der Waals surface area contributed by atoms with Gasteiger partial charge in [0.05, 0.1) is 5.25 Å². The molecule has 0 bridgehead atoms. The molecule has 3 N–H and O–H groups in total. The van der Waals surface area contributed by atoms with Crippen molar-refractivity contribution in [1.82, 2.24) is 4.31 Å². The van der Waals surface area contributed by atoms with Gasteiger partial charge in [-0.25, -0.2) is 17.6 Å². The molecule has 0 aromatic rings. The van der Waals surface area contributed by atoms with E-state index in [0.717, 1.165) is 0 Å². The van der Waals surface area contributed by atoms with Gasteiger partial charge in [0.2, 0.25) is 10.0 Å². The molecule has 12 heteroatoms.